The number of rotatable bonds is 3. The van der Waals surface area contributed by atoms with Gasteiger partial charge in [0.1, 0.15) is 0 Å². The van der Waals surface area contributed by atoms with Gasteiger partial charge in [-0.05, 0) is 24.1 Å². The van der Waals surface area contributed by atoms with Crippen molar-refractivity contribution in [2.24, 2.45) is 0 Å². The van der Waals surface area contributed by atoms with Gasteiger partial charge in [0.25, 0.3) is 5.91 Å². The van der Waals surface area contributed by atoms with Gasteiger partial charge in [0, 0.05) is 30.2 Å². The predicted molar refractivity (Wildman–Crippen MR) is 73.7 cm³/mol. The van der Waals surface area contributed by atoms with E-state index in [4.69, 9.17) is 0 Å². The molecule has 0 aromatic heterocycles. The summed E-state index contributed by atoms with van der Waals surface area (Å²) in [5, 5.41) is 0. The van der Waals surface area contributed by atoms with E-state index in [2.05, 4.69) is 19.1 Å². The van der Waals surface area contributed by atoms with E-state index < -0.39 is 0 Å². The van der Waals surface area contributed by atoms with Crippen LogP contribution >= 0.6 is 11.8 Å². The Hall–Kier alpha value is -0.960. The van der Waals surface area contributed by atoms with Crippen molar-refractivity contribution < 1.29 is 4.79 Å². The van der Waals surface area contributed by atoms with Crippen LogP contribution in [-0.2, 0) is 6.42 Å². The molecule has 1 amide bonds. The maximum absolute atomic E-state index is 12.2. The Labute approximate surface area is 107 Å². The highest BCUT2D eigenvalue weighted by Crippen LogP contribution is 2.14. The fourth-order valence-electron chi connectivity index (χ4n) is 2.05. The Bertz CT molecular complexity index is 368. The molecule has 2 rings (SSSR count). The number of amides is 1. The lowest BCUT2D eigenvalue weighted by atomic mass is 10.1. The Kier molecular flexibility index (Phi) is 4.49. The van der Waals surface area contributed by atoms with E-state index in [1.165, 1.54) is 5.56 Å². The largest absolute Gasteiger partial charge is 0.337 e. The first-order chi connectivity index (χ1) is 8.31. The molecule has 0 N–H and O–H groups in total. The average Bonchev–Trinajstić information content (AvgIpc) is 2.40. The number of nitrogens with zero attached hydrogens (tertiary/aromatic N) is 1. The molecule has 0 spiro atoms. The molecule has 17 heavy (non-hydrogen) atoms. The van der Waals surface area contributed by atoms with Crippen LogP contribution < -0.4 is 0 Å². The van der Waals surface area contributed by atoms with Crippen LogP contribution in [0.15, 0.2) is 24.3 Å². The van der Waals surface area contributed by atoms with Crippen molar-refractivity contribution in [2.45, 2.75) is 19.8 Å². The second kappa shape index (κ2) is 6.10. The monoisotopic (exact) mass is 249 g/mol. The Morgan fingerprint density at radius 3 is 2.47 bits per heavy atom. The first kappa shape index (κ1) is 12.5. The number of benzene rings is 1. The van der Waals surface area contributed by atoms with Crippen molar-refractivity contribution in [3.05, 3.63) is 35.4 Å². The molecule has 0 unspecified atom stereocenters. The fourth-order valence-corrected chi connectivity index (χ4v) is 2.95. The molecule has 1 aliphatic heterocycles. The topological polar surface area (TPSA) is 20.3 Å². The summed E-state index contributed by atoms with van der Waals surface area (Å²) in [6.07, 6.45) is 2.24. The van der Waals surface area contributed by atoms with Gasteiger partial charge >= 0.3 is 0 Å². The third kappa shape index (κ3) is 3.25. The molecule has 1 heterocycles. The SMILES string of the molecule is CCCc1ccc(C(=O)N2CCSCC2)cc1. The van der Waals surface area contributed by atoms with Crippen molar-refractivity contribution in [3.8, 4) is 0 Å². The first-order valence-electron chi connectivity index (χ1n) is 6.27. The molecule has 0 atom stereocenters. The van der Waals surface area contributed by atoms with Crippen molar-refractivity contribution in [3.63, 3.8) is 0 Å². The summed E-state index contributed by atoms with van der Waals surface area (Å²) >= 11 is 1.93. The second-order valence-corrected chi connectivity index (χ2v) is 5.58. The molecule has 0 saturated carbocycles. The molecule has 0 radical (unpaired) electrons. The summed E-state index contributed by atoms with van der Waals surface area (Å²) in [4.78, 5) is 14.1. The zero-order chi connectivity index (χ0) is 12.1. The van der Waals surface area contributed by atoms with Crippen molar-refractivity contribution in [1.29, 1.82) is 0 Å². The van der Waals surface area contributed by atoms with Gasteiger partial charge in [0.05, 0.1) is 0 Å². The number of thioether (sulfide) groups is 1. The number of hydrogen-bond acceptors (Lipinski definition) is 2. The van der Waals surface area contributed by atoms with Gasteiger partial charge in [-0.2, -0.15) is 11.8 Å². The molecule has 3 heteroatoms. The van der Waals surface area contributed by atoms with Gasteiger partial charge in [-0.25, -0.2) is 0 Å². The van der Waals surface area contributed by atoms with Gasteiger partial charge < -0.3 is 4.90 Å². The van der Waals surface area contributed by atoms with Crippen molar-refractivity contribution in [2.75, 3.05) is 24.6 Å². The summed E-state index contributed by atoms with van der Waals surface area (Å²) in [5.74, 6) is 2.33. The molecule has 1 aliphatic rings. The predicted octanol–water partition coefficient (Wildman–Crippen LogP) is 2.83. The van der Waals surface area contributed by atoms with E-state index >= 15 is 0 Å². The van der Waals surface area contributed by atoms with E-state index in [9.17, 15) is 4.79 Å². The normalized spacial score (nSPS) is 15.9. The maximum atomic E-state index is 12.2. The molecule has 1 fully saturated rings. The van der Waals surface area contributed by atoms with Crippen LogP contribution in [0.2, 0.25) is 0 Å². The molecule has 0 aliphatic carbocycles. The average molecular weight is 249 g/mol. The number of carbonyl (C=O) groups is 1. The van der Waals surface area contributed by atoms with Crippen LogP contribution in [0, 0.1) is 0 Å². The van der Waals surface area contributed by atoms with Gasteiger partial charge in [0.15, 0.2) is 0 Å². The number of carbonyl (C=O) groups excluding carboxylic acids is 1. The third-order valence-corrected chi connectivity index (χ3v) is 3.98. The molecule has 0 bridgehead atoms. The van der Waals surface area contributed by atoms with Crippen LogP contribution in [0.3, 0.4) is 0 Å². The Balaban J connectivity index is 2.03. The highest BCUT2D eigenvalue weighted by atomic mass is 32.2. The third-order valence-electron chi connectivity index (χ3n) is 3.04. The standard InChI is InChI=1S/C14H19NOS/c1-2-3-12-4-6-13(7-5-12)14(16)15-8-10-17-11-9-15/h4-7H,2-3,8-11H2,1H3. The minimum Gasteiger partial charge on any atom is -0.337 e. The first-order valence-corrected chi connectivity index (χ1v) is 7.42. The lowest BCUT2D eigenvalue weighted by Gasteiger charge is -2.26. The summed E-state index contributed by atoms with van der Waals surface area (Å²) < 4.78 is 0. The van der Waals surface area contributed by atoms with E-state index in [0.717, 1.165) is 43.0 Å². The lowest BCUT2D eigenvalue weighted by Crippen LogP contribution is -2.37. The van der Waals surface area contributed by atoms with Gasteiger partial charge in [-0.3, -0.25) is 4.79 Å². The molecule has 1 aromatic rings. The van der Waals surface area contributed by atoms with E-state index in [1.807, 2.05) is 28.8 Å². The summed E-state index contributed by atoms with van der Waals surface area (Å²) in [5.41, 5.74) is 2.15. The fraction of sp³-hybridized carbons (Fsp3) is 0.500. The summed E-state index contributed by atoms with van der Waals surface area (Å²) in [6, 6.07) is 8.09. The van der Waals surface area contributed by atoms with Gasteiger partial charge in [-0.1, -0.05) is 25.5 Å². The minimum absolute atomic E-state index is 0.188. The van der Waals surface area contributed by atoms with E-state index in [-0.39, 0.29) is 5.91 Å². The van der Waals surface area contributed by atoms with Crippen LogP contribution in [0.1, 0.15) is 29.3 Å². The zero-order valence-corrected chi connectivity index (χ0v) is 11.1. The second-order valence-electron chi connectivity index (χ2n) is 4.35. The van der Waals surface area contributed by atoms with E-state index in [0.29, 0.717) is 0 Å². The van der Waals surface area contributed by atoms with Crippen LogP contribution in [0.5, 0.6) is 0 Å². The lowest BCUT2D eigenvalue weighted by molar-refractivity contribution is 0.0772. The number of hydrogen-bond donors (Lipinski definition) is 0. The highest BCUT2D eigenvalue weighted by Gasteiger charge is 2.17. The zero-order valence-electron chi connectivity index (χ0n) is 10.3. The molecule has 1 aromatic carbocycles. The quantitative estimate of drug-likeness (QED) is 0.821. The van der Waals surface area contributed by atoms with Crippen LogP contribution in [-0.4, -0.2) is 35.4 Å². The molecule has 92 valence electrons. The summed E-state index contributed by atoms with van der Waals surface area (Å²) in [7, 11) is 0. The molecular weight excluding hydrogens is 230 g/mol. The van der Waals surface area contributed by atoms with Crippen molar-refractivity contribution in [1.82, 2.24) is 4.90 Å². The molecule has 2 nitrogen and oxygen atoms in total. The molecule has 1 saturated heterocycles. The van der Waals surface area contributed by atoms with E-state index in [1.54, 1.807) is 0 Å². The Morgan fingerprint density at radius 2 is 1.88 bits per heavy atom. The smallest absolute Gasteiger partial charge is 0.253 e. The van der Waals surface area contributed by atoms with Crippen LogP contribution in [0.25, 0.3) is 0 Å². The van der Waals surface area contributed by atoms with Crippen molar-refractivity contribution >= 4 is 17.7 Å². The van der Waals surface area contributed by atoms with Gasteiger partial charge in [-0.15, -0.1) is 0 Å². The molecular formula is C14H19NOS. The summed E-state index contributed by atoms with van der Waals surface area (Å²) in [6.45, 7) is 3.95. The van der Waals surface area contributed by atoms with Crippen LogP contribution in [0.4, 0.5) is 0 Å². The maximum Gasteiger partial charge on any atom is 0.253 e. The Morgan fingerprint density at radius 1 is 1.24 bits per heavy atom. The minimum atomic E-state index is 0.188. The number of aryl methyl sites for hydroxylation is 1. The highest BCUT2D eigenvalue weighted by molar-refractivity contribution is 7.99. The van der Waals surface area contributed by atoms with Gasteiger partial charge in [0.2, 0.25) is 0 Å².